The van der Waals surface area contributed by atoms with Gasteiger partial charge in [-0.3, -0.25) is 4.79 Å². The van der Waals surface area contributed by atoms with Crippen molar-refractivity contribution in [2.24, 2.45) is 0 Å². The Morgan fingerprint density at radius 1 is 0.368 bits per heavy atom. The van der Waals surface area contributed by atoms with Gasteiger partial charge in [-0.05, 0) is 104 Å². The van der Waals surface area contributed by atoms with Gasteiger partial charge in [-0.2, -0.15) is 0 Å². The van der Waals surface area contributed by atoms with Crippen LogP contribution < -0.4 is 5.11 Å². The molecule has 2 aliphatic rings. The molecule has 0 amide bonds. The van der Waals surface area contributed by atoms with E-state index in [9.17, 15) is 9.90 Å². The number of Topliss-reactive ketones (excluding diaryl/α,β-unsaturated/α-hetero) is 1. The molecule has 0 atom stereocenters. The molecule has 4 nitrogen and oxygen atoms in total. The molecule has 322 valence electrons. The van der Waals surface area contributed by atoms with E-state index in [1.54, 1.807) is 12.2 Å². The summed E-state index contributed by atoms with van der Waals surface area (Å²) in [6, 6.07) is 77.5. The van der Waals surface area contributed by atoms with E-state index in [0.717, 1.165) is 66.8 Å². The van der Waals surface area contributed by atoms with Crippen molar-refractivity contribution >= 4 is 23.4 Å². The Hall–Kier alpha value is -9.12. The van der Waals surface area contributed by atoms with Crippen LogP contribution in [0, 0.1) is 0 Å². The average molecular weight is 875 g/mol. The summed E-state index contributed by atoms with van der Waals surface area (Å²) in [5, 5.41) is 14.1. The first-order valence-corrected chi connectivity index (χ1v) is 22.6. The third-order valence-corrected chi connectivity index (χ3v) is 12.3. The standard InChI is InChI=1S/C64H42O4/c65-63-57(37-43-39-59(53-29-21-49(22-30-53)45-13-5-1-6-14-45)67-60(40-43)54-31-23-50(24-32-54)46-15-7-2-8-16-46)64(66)58(63)38-44-41-61(55-33-25-51(26-34-55)47-17-9-3-10-18-47)68-62(42-44)56-35-27-52(28-36-56)48-19-11-4-12-20-48/h1-42H. The topological polar surface area (TPSA) is 60.7 Å². The van der Waals surface area contributed by atoms with Gasteiger partial charge in [0.15, 0.2) is 5.78 Å². The van der Waals surface area contributed by atoms with Crippen LogP contribution in [0.25, 0.3) is 84.7 Å². The molecular weight excluding hydrogens is 833 g/mol. The van der Waals surface area contributed by atoms with Crippen molar-refractivity contribution in [1.29, 1.82) is 0 Å². The second kappa shape index (κ2) is 18.4. The maximum absolute atomic E-state index is 14.1. The summed E-state index contributed by atoms with van der Waals surface area (Å²) in [6.07, 6.45) is 7.14. The fourth-order valence-corrected chi connectivity index (χ4v) is 8.64. The molecule has 0 unspecified atom stereocenters. The lowest BCUT2D eigenvalue weighted by Crippen LogP contribution is -2.29. The predicted molar refractivity (Wildman–Crippen MR) is 274 cm³/mol. The fourth-order valence-electron chi connectivity index (χ4n) is 8.64. The maximum atomic E-state index is 14.1. The van der Waals surface area contributed by atoms with Gasteiger partial charge in [0.1, 0.15) is 11.5 Å². The maximum Gasteiger partial charge on any atom is 0.361 e. The molecule has 4 heteroatoms. The second-order valence-corrected chi connectivity index (χ2v) is 16.8. The van der Waals surface area contributed by atoms with Gasteiger partial charge in [0, 0.05) is 22.3 Å². The monoisotopic (exact) mass is 874 g/mol. The second-order valence-electron chi connectivity index (χ2n) is 16.8. The Bertz CT molecular complexity index is 3250. The molecule has 0 saturated carbocycles. The summed E-state index contributed by atoms with van der Waals surface area (Å²) < 4.78 is 13.2. The van der Waals surface area contributed by atoms with Crippen LogP contribution in [-0.2, 0) is 9.53 Å². The molecule has 2 heterocycles. The van der Waals surface area contributed by atoms with Crippen molar-refractivity contribution < 1.29 is 19.1 Å². The van der Waals surface area contributed by atoms with E-state index in [-0.39, 0.29) is 22.7 Å². The number of benzene rings is 8. The van der Waals surface area contributed by atoms with Crippen molar-refractivity contribution in [3.8, 4) is 67.2 Å². The highest BCUT2D eigenvalue weighted by Gasteiger charge is 2.28. The van der Waals surface area contributed by atoms with E-state index in [1.165, 1.54) is 0 Å². The Labute approximate surface area is 395 Å². The lowest BCUT2D eigenvalue weighted by atomic mass is 9.85. The quantitative estimate of drug-likeness (QED) is 0.101. The van der Waals surface area contributed by atoms with Crippen molar-refractivity contribution in [2.75, 3.05) is 0 Å². The summed E-state index contributed by atoms with van der Waals surface area (Å²) in [7, 11) is 0. The molecule has 8 aromatic carbocycles. The van der Waals surface area contributed by atoms with Gasteiger partial charge < -0.3 is 9.84 Å². The third kappa shape index (κ3) is 8.70. The molecular formula is C64H42O4. The number of carbonyl (C=O) groups is 1. The molecule has 68 heavy (non-hydrogen) atoms. The number of rotatable bonds is 10. The van der Waals surface area contributed by atoms with Crippen LogP contribution in [0.2, 0.25) is 0 Å². The molecule has 1 aliphatic carbocycles. The molecule has 11 rings (SSSR count). The lowest BCUT2D eigenvalue weighted by molar-refractivity contribution is -0.300. The van der Waals surface area contributed by atoms with Crippen LogP contribution in [0.3, 0.4) is 0 Å². The third-order valence-electron chi connectivity index (χ3n) is 12.3. The Morgan fingerprint density at radius 3 is 1.01 bits per heavy atom. The number of hydrogen-bond donors (Lipinski definition) is 0. The molecule has 0 fully saturated rings. The van der Waals surface area contributed by atoms with E-state index in [4.69, 9.17) is 9.15 Å². The SMILES string of the molecule is O=C1C(=Cc2cc(-c3ccc(-c4ccccc4)cc3)[o+]c(-c3ccc(-c4ccccc4)cc3)c2)C([O-])=C1C=C1C=C(c2ccc(-c3ccccc3)cc2)OC(c2ccc(-c3ccccc3)cc2)=C1. The Kier molecular flexibility index (Phi) is 11.3. The lowest BCUT2D eigenvalue weighted by Gasteiger charge is -2.29. The zero-order chi connectivity index (χ0) is 45.8. The normalized spacial score (nSPS) is 13.9. The van der Waals surface area contributed by atoms with E-state index < -0.39 is 0 Å². The number of hydrogen-bond acceptors (Lipinski definition) is 3. The van der Waals surface area contributed by atoms with Crippen LogP contribution in [0.5, 0.6) is 0 Å². The first-order chi connectivity index (χ1) is 33.5. The molecule has 1 aromatic heterocycles. The number of ketones is 1. The molecule has 0 spiro atoms. The average Bonchev–Trinajstić information content (AvgIpc) is 3.42. The molecule has 0 bridgehead atoms. The number of carbonyl (C=O) groups excluding carboxylic acids is 1. The Morgan fingerprint density at radius 2 is 0.676 bits per heavy atom. The highest BCUT2D eigenvalue weighted by Crippen LogP contribution is 2.38. The predicted octanol–water partition coefficient (Wildman–Crippen LogP) is 15.2. The number of allylic oxidation sites excluding steroid dienone is 6. The van der Waals surface area contributed by atoms with E-state index in [1.807, 2.05) is 146 Å². The van der Waals surface area contributed by atoms with Gasteiger partial charge in [-0.15, -0.1) is 0 Å². The molecule has 1 aliphatic heterocycles. The fraction of sp³-hybridized carbons (Fsp3) is 0. The van der Waals surface area contributed by atoms with E-state index >= 15 is 0 Å². The van der Waals surface area contributed by atoms with Crippen molar-refractivity contribution in [2.45, 2.75) is 0 Å². The highest BCUT2D eigenvalue weighted by molar-refractivity contribution is 6.23. The van der Waals surface area contributed by atoms with E-state index in [0.29, 0.717) is 34.2 Å². The highest BCUT2D eigenvalue weighted by atomic mass is 16.5. The van der Waals surface area contributed by atoms with Crippen LogP contribution in [0.1, 0.15) is 16.7 Å². The molecule has 0 saturated heterocycles. The largest absolute Gasteiger partial charge is 0.871 e. The Balaban J connectivity index is 0.949. The van der Waals surface area contributed by atoms with Crippen LogP contribution in [-0.4, -0.2) is 5.78 Å². The van der Waals surface area contributed by atoms with Gasteiger partial charge in [0.05, 0.1) is 23.3 Å². The van der Waals surface area contributed by atoms with Crippen molar-refractivity contribution in [1.82, 2.24) is 0 Å². The summed E-state index contributed by atoms with van der Waals surface area (Å²) >= 11 is 0. The van der Waals surface area contributed by atoms with Gasteiger partial charge in [0.2, 0.25) is 0 Å². The van der Waals surface area contributed by atoms with Gasteiger partial charge in [-0.25, -0.2) is 4.42 Å². The zero-order valence-corrected chi connectivity index (χ0v) is 36.9. The summed E-state index contributed by atoms with van der Waals surface area (Å²) in [5.74, 6) is 1.80. The zero-order valence-electron chi connectivity index (χ0n) is 36.9. The number of ether oxygens (including phenoxy) is 1. The van der Waals surface area contributed by atoms with Crippen molar-refractivity contribution in [3.05, 3.63) is 288 Å². The summed E-state index contributed by atoms with van der Waals surface area (Å²) in [5.41, 5.74) is 13.9. The minimum atomic E-state index is -0.318. The minimum Gasteiger partial charge on any atom is -0.871 e. The first kappa shape index (κ1) is 41.6. The van der Waals surface area contributed by atoms with Crippen molar-refractivity contribution in [3.63, 3.8) is 0 Å². The van der Waals surface area contributed by atoms with Gasteiger partial charge >= 0.3 is 11.5 Å². The molecule has 9 aromatic rings. The van der Waals surface area contributed by atoms with Crippen LogP contribution in [0.4, 0.5) is 0 Å². The minimum absolute atomic E-state index is 0.118. The molecule has 0 N–H and O–H groups in total. The van der Waals surface area contributed by atoms with Gasteiger partial charge in [-0.1, -0.05) is 200 Å². The molecule has 0 radical (unpaired) electrons. The summed E-state index contributed by atoms with van der Waals surface area (Å²) in [6.45, 7) is 0. The van der Waals surface area contributed by atoms with Gasteiger partial charge in [0.25, 0.3) is 0 Å². The van der Waals surface area contributed by atoms with Crippen LogP contribution in [0.15, 0.2) is 276 Å². The summed E-state index contributed by atoms with van der Waals surface area (Å²) in [4.78, 5) is 14.1. The van der Waals surface area contributed by atoms with Crippen LogP contribution >= 0.6 is 0 Å². The first-order valence-electron chi connectivity index (χ1n) is 22.6. The smallest absolute Gasteiger partial charge is 0.361 e. The van der Waals surface area contributed by atoms with E-state index in [2.05, 4.69) is 97.1 Å².